The average Bonchev–Trinajstić information content (AvgIpc) is 2.32. The predicted molar refractivity (Wildman–Crippen MR) is 75.1 cm³/mol. The number of alkyl carbamates (subject to hydrolysis) is 1. The van der Waals surface area contributed by atoms with Gasteiger partial charge in [-0.15, -0.1) is 0 Å². The van der Waals surface area contributed by atoms with Crippen molar-refractivity contribution in [2.45, 2.75) is 52.1 Å². The Kier molecular flexibility index (Phi) is 5.87. The molecule has 0 aliphatic heterocycles. The van der Waals surface area contributed by atoms with Crippen molar-refractivity contribution in [3.05, 3.63) is 0 Å². The maximum absolute atomic E-state index is 11.6. The van der Waals surface area contributed by atoms with Crippen molar-refractivity contribution >= 4 is 12.1 Å². The van der Waals surface area contributed by atoms with Crippen LogP contribution in [0.4, 0.5) is 4.79 Å². The molecular formula is C15H23NO4. The highest BCUT2D eigenvalue weighted by Gasteiger charge is 2.22. The zero-order valence-corrected chi connectivity index (χ0v) is 12.4. The molecule has 0 aromatic carbocycles. The van der Waals surface area contributed by atoms with Gasteiger partial charge in [0, 0.05) is 18.4 Å². The topological polar surface area (TPSA) is 75.6 Å². The molecule has 0 saturated heterocycles. The highest BCUT2D eigenvalue weighted by Crippen LogP contribution is 2.28. The minimum Gasteiger partial charge on any atom is -0.472 e. The van der Waals surface area contributed by atoms with Gasteiger partial charge in [-0.1, -0.05) is 12.3 Å². The summed E-state index contributed by atoms with van der Waals surface area (Å²) in [4.78, 5) is 22.0. The van der Waals surface area contributed by atoms with E-state index in [-0.39, 0.29) is 5.92 Å². The summed E-state index contributed by atoms with van der Waals surface area (Å²) in [6.45, 7) is 6.03. The lowest BCUT2D eigenvalue weighted by molar-refractivity contribution is -0.130. The summed E-state index contributed by atoms with van der Waals surface area (Å²) >= 11 is 0. The first-order valence-electron chi connectivity index (χ1n) is 6.97. The van der Waals surface area contributed by atoms with Gasteiger partial charge in [0.25, 0.3) is 0 Å². The van der Waals surface area contributed by atoms with Crippen molar-refractivity contribution in [3.8, 4) is 11.8 Å². The maximum Gasteiger partial charge on any atom is 0.407 e. The van der Waals surface area contributed by atoms with E-state index in [4.69, 9.17) is 9.84 Å². The van der Waals surface area contributed by atoms with Gasteiger partial charge in [-0.2, -0.15) is 0 Å². The van der Waals surface area contributed by atoms with Crippen LogP contribution in [-0.2, 0) is 9.53 Å². The first kappa shape index (κ1) is 16.4. The Labute approximate surface area is 120 Å². The number of ether oxygens (including phenoxy) is 1. The molecule has 0 spiro atoms. The number of rotatable bonds is 2. The van der Waals surface area contributed by atoms with Crippen molar-refractivity contribution in [2.24, 2.45) is 11.8 Å². The van der Waals surface area contributed by atoms with E-state index in [9.17, 15) is 9.59 Å². The standard InChI is InChI=1S/C15H23NO4/c1-15(2,3)20-14(19)16-10-12-6-4-5-11(9-12)7-8-13(17)18/h11-12H,4-6,9-10H2,1-3H3,(H,16,19)(H,17,18)/t11-,12-/m1/s1. The summed E-state index contributed by atoms with van der Waals surface area (Å²) in [5.41, 5.74) is -0.494. The molecule has 1 aliphatic rings. The Morgan fingerprint density at radius 3 is 2.65 bits per heavy atom. The van der Waals surface area contributed by atoms with E-state index >= 15 is 0 Å². The molecule has 1 aliphatic carbocycles. The summed E-state index contributed by atoms with van der Waals surface area (Å²) < 4.78 is 5.18. The lowest BCUT2D eigenvalue weighted by Crippen LogP contribution is -2.36. The van der Waals surface area contributed by atoms with Crippen LogP contribution in [0.2, 0.25) is 0 Å². The maximum atomic E-state index is 11.6. The predicted octanol–water partition coefficient (Wildman–Crippen LogP) is 2.41. The van der Waals surface area contributed by atoms with Gasteiger partial charge >= 0.3 is 12.1 Å². The molecule has 1 amide bonds. The van der Waals surface area contributed by atoms with Gasteiger partial charge in [0.15, 0.2) is 0 Å². The summed E-state index contributed by atoms with van der Waals surface area (Å²) in [5, 5.41) is 11.3. The fraction of sp³-hybridized carbons (Fsp3) is 0.733. The third-order valence-electron chi connectivity index (χ3n) is 3.10. The number of hydrogen-bond donors (Lipinski definition) is 2. The summed E-state index contributed by atoms with van der Waals surface area (Å²) in [6.07, 6.45) is 3.40. The summed E-state index contributed by atoms with van der Waals surface area (Å²) in [5.74, 6) is 4.34. The second-order valence-corrected chi connectivity index (χ2v) is 6.19. The fourth-order valence-electron chi connectivity index (χ4n) is 2.31. The number of carbonyl (C=O) groups is 2. The zero-order chi connectivity index (χ0) is 15.2. The van der Waals surface area contributed by atoms with Gasteiger partial charge in [0.05, 0.1) is 0 Å². The molecule has 0 aromatic rings. The Hall–Kier alpha value is -1.70. The molecule has 0 bridgehead atoms. The van der Waals surface area contributed by atoms with Gasteiger partial charge in [-0.25, -0.2) is 9.59 Å². The molecule has 0 radical (unpaired) electrons. The number of hydrogen-bond acceptors (Lipinski definition) is 3. The van der Waals surface area contributed by atoms with E-state index in [1.54, 1.807) is 0 Å². The van der Waals surface area contributed by atoms with E-state index in [1.807, 2.05) is 20.8 Å². The van der Waals surface area contributed by atoms with Crippen LogP contribution in [-0.4, -0.2) is 29.3 Å². The zero-order valence-electron chi connectivity index (χ0n) is 12.4. The largest absolute Gasteiger partial charge is 0.472 e. The minimum absolute atomic E-state index is 0.116. The van der Waals surface area contributed by atoms with E-state index in [0.717, 1.165) is 25.7 Å². The SMILES string of the molecule is CC(C)(C)OC(=O)NC[C@@H]1CCC[C@H](C#CC(=O)O)C1. The highest BCUT2D eigenvalue weighted by atomic mass is 16.6. The van der Waals surface area contributed by atoms with Crippen LogP contribution in [0, 0.1) is 23.7 Å². The van der Waals surface area contributed by atoms with Crippen molar-refractivity contribution < 1.29 is 19.4 Å². The van der Waals surface area contributed by atoms with Crippen molar-refractivity contribution in [2.75, 3.05) is 6.54 Å². The molecule has 2 atom stereocenters. The van der Waals surface area contributed by atoms with Crippen LogP contribution in [0.1, 0.15) is 46.5 Å². The molecule has 20 heavy (non-hydrogen) atoms. The molecule has 5 nitrogen and oxygen atoms in total. The Bertz CT molecular complexity index is 414. The van der Waals surface area contributed by atoms with Crippen LogP contribution in [0.3, 0.4) is 0 Å². The smallest absolute Gasteiger partial charge is 0.407 e. The molecule has 0 aromatic heterocycles. The van der Waals surface area contributed by atoms with Crippen LogP contribution in [0.25, 0.3) is 0 Å². The molecule has 2 N–H and O–H groups in total. The average molecular weight is 281 g/mol. The number of nitrogens with one attached hydrogen (secondary N) is 1. The molecule has 5 heteroatoms. The number of carboxylic acid groups (broad SMARTS) is 1. The van der Waals surface area contributed by atoms with Crippen molar-refractivity contribution in [1.82, 2.24) is 5.32 Å². The first-order chi connectivity index (χ1) is 9.26. The fourth-order valence-corrected chi connectivity index (χ4v) is 2.31. The molecule has 1 fully saturated rings. The Morgan fingerprint density at radius 1 is 1.35 bits per heavy atom. The third-order valence-corrected chi connectivity index (χ3v) is 3.10. The van der Waals surface area contributed by atoms with Crippen LogP contribution in [0.15, 0.2) is 0 Å². The van der Waals surface area contributed by atoms with Gasteiger partial charge in [-0.05, 0) is 46.0 Å². The summed E-state index contributed by atoms with van der Waals surface area (Å²) in [6, 6.07) is 0. The second-order valence-electron chi connectivity index (χ2n) is 6.19. The molecule has 112 valence electrons. The number of amides is 1. The summed E-state index contributed by atoms with van der Waals surface area (Å²) in [7, 11) is 0. The van der Waals surface area contributed by atoms with E-state index < -0.39 is 17.7 Å². The Balaban J connectivity index is 2.36. The minimum atomic E-state index is -1.08. The molecule has 1 saturated carbocycles. The van der Waals surface area contributed by atoms with E-state index in [1.165, 1.54) is 0 Å². The molecule has 0 unspecified atom stereocenters. The molecule has 1 rings (SSSR count). The quantitative estimate of drug-likeness (QED) is 0.762. The van der Waals surface area contributed by atoms with E-state index in [0.29, 0.717) is 12.5 Å². The van der Waals surface area contributed by atoms with Gasteiger partial charge in [0.2, 0.25) is 0 Å². The lowest BCUT2D eigenvalue weighted by atomic mass is 9.82. The van der Waals surface area contributed by atoms with Crippen LogP contribution < -0.4 is 5.32 Å². The highest BCUT2D eigenvalue weighted by molar-refractivity contribution is 5.86. The first-order valence-corrected chi connectivity index (χ1v) is 6.97. The van der Waals surface area contributed by atoms with Crippen LogP contribution in [0.5, 0.6) is 0 Å². The van der Waals surface area contributed by atoms with Crippen molar-refractivity contribution in [1.29, 1.82) is 0 Å². The molecule has 0 heterocycles. The number of carboxylic acids is 1. The number of aliphatic carboxylic acids is 1. The van der Waals surface area contributed by atoms with Crippen LogP contribution >= 0.6 is 0 Å². The third kappa shape index (κ3) is 7.03. The van der Waals surface area contributed by atoms with Crippen molar-refractivity contribution in [3.63, 3.8) is 0 Å². The van der Waals surface area contributed by atoms with E-state index in [2.05, 4.69) is 17.2 Å². The number of carbonyl (C=O) groups excluding carboxylic acids is 1. The Morgan fingerprint density at radius 2 is 2.05 bits per heavy atom. The lowest BCUT2D eigenvalue weighted by Gasteiger charge is -2.27. The van der Waals surface area contributed by atoms with Gasteiger partial charge in [0.1, 0.15) is 5.60 Å². The second kappa shape index (κ2) is 7.18. The van der Waals surface area contributed by atoms with Gasteiger partial charge in [-0.3, -0.25) is 0 Å². The molecular weight excluding hydrogens is 258 g/mol. The monoisotopic (exact) mass is 281 g/mol. The van der Waals surface area contributed by atoms with Gasteiger partial charge < -0.3 is 15.2 Å². The normalized spacial score (nSPS) is 22.4.